The number of likely N-dealkylation sites (tertiary alicyclic amines) is 1. The molecule has 166 valence electrons. The number of carbonyl (C=O) groups is 5. The molecule has 2 saturated heterocycles. The fourth-order valence-corrected chi connectivity index (χ4v) is 3.89. The zero-order valence-electron chi connectivity index (χ0n) is 17.1. The largest absolute Gasteiger partial charge is 0.370 e. The lowest BCUT2D eigenvalue weighted by molar-refractivity contribution is -0.142. The Bertz CT molecular complexity index is 859. The van der Waals surface area contributed by atoms with Crippen LogP contribution in [0.25, 0.3) is 0 Å². The van der Waals surface area contributed by atoms with Crippen molar-refractivity contribution >= 4 is 29.5 Å². The number of hydrogen-bond acceptors (Lipinski definition) is 5. The summed E-state index contributed by atoms with van der Waals surface area (Å²) in [5.74, 6) is -2.36. The SMILES string of the molecule is NC(=O)C[C@H](NC(=O)[C@@H]1CCC(=O)N1)C(=O)N1CCC[C@H]1C(=O)NCc1ccccc1. The van der Waals surface area contributed by atoms with E-state index in [1.165, 1.54) is 4.90 Å². The van der Waals surface area contributed by atoms with Gasteiger partial charge in [0.05, 0.1) is 6.42 Å². The number of nitrogens with two attached hydrogens (primary N) is 1. The van der Waals surface area contributed by atoms with Gasteiger partial charge in [-0.15, -0.1) is 0 Å². The highest BCUT2D eigenvalue weighted by molar-refractivity contribution is 5.97. The average Bonchev–Trinajstić information content (AvgIpc) is 3.40. The Morgan fingerprint density at radius 3 is 2.52 bits per heavy atom. The van der Waals surface area contributed by atoms with E-state index in [0.717, 1.165) is 5.56 Å². The first-order chi connectivity index (χ1) is 14.8. The first-order valence-electron chi connectivity index (χ1n) is 10.4. The lowest BCUT2D eigenvalue weighted by atomic mass is 10.1. The van der Waals surface area contributed by atoms with Crippen LogP contribution in [0.4, 0.5) is 0 Å². The predicted octanol–water partition coefficient (Wildman–Crippen LogP) is -1.07. The lowest BCUT2D eigenvalue weighted by Gasteiger charge is -2.29. The molecule has 0 aromatic heterocycles. The second-order valence-electron chi connectivity index (χ2n) is 7.78. The van der Waals surface area contributed by atoms with Gasteiger partial charge in [-0.25, -0.2) is 0 Å². The van der Waals surface area contributed by atoms with Crippen molar-refractivity contribution in [2.45, 2.75) is 56.8 Å². The van der Waals surface area contributed by atoms with E-state index in [9.17, 15) is 24.0 Å². The van der Waals surface area contributed by atoms with Gasteiger partial charge in [-0.3, -0.25) is 24.0 Å². The van der Waals surface area contributed by atoms with Crippen molar-refractivity contribution in [2.24, 2.45) is 5.73 Å². The molecule has 0 spiro atoms. The van der Waals surface area contributed by atoms with Crippen LogP contribution >= 0.6 is 0 Å². The van der Waals surface area contributed by atoms with Gasteiger partial charge in [0.25, 0.3) is 0 Å². The van der Waals surface area contributed by atoms with Crippen LogP contribution in [0, 0.1) is 0 Å². The highest BCUT2D eigenvalue weighted by atomic mass is 16.2. The number of nitrogens with zero attached hydrogens (tertiary/aromatic N) is 1. The van der Waals surface area contributed by atoms with Gasteiger partial charge in [0.1, 0.15) is 18.1 Å². The van der Waals surface area contributed by atoms with Crippen molar-refractivity contribution in [3.05, 3.63) is 35.9 Å². The van der Waals surface area contributed by atoms with E-state index in [2.05, 4.69) is 16.0 Å². The Hall–Kier alpha value is -3.43. The molecule has 31 heavy (non-hydrogen) atoms. The van der Waals surface area contributed by atoms with E-state index >= 15 is 0 Å². The summed E-state index contributed by atoms with van der Waals surface area (Å²) in [6, 6.07) is 6.77. The summed E-state index contributed by atoms with van der Waals surface area (Å²) in [6.45, 7) is 0.675. The molecule has 1 aromatic carbocycles. The van der Waals surface area contributed by atoms with Gasteiger partial charge in [-0.2, -0.15) is 0 Å². The molecule has 3 rings (SSSR count). The molecule has 10 heteroatoms. The summed E-state index contributed by atoms with van der Waals surface area (Å²) in [5.41, 5.74) is 6.21. The molecular weight excluding hydrogens is 402 g/mol. The zero-order valence-corrected chi connectivity index (χ0v) is 17.1. The molecule has 1 aromatic rings. The predicted molar refractivity (Wildman–Crippen MR) is 110 cm³/mol. The van der Waals surface area contributed by atoms with Crippen LogP contribution < -0.4 is 21.7 Å². The van der Waals surface area contributed by atoms with Gasteiger partial charge < -0.3 is 26.6 Å². The van der Waals surface area contributed by atoms with Crippen LogP contribution in [0.3, 0.4) is 0 Å². The number of hydrogen-bond donors (Lipinski definition) is 4. The van der Waals surface area contributed by atoms with Gasteiger partial charge in [0.15, 0.2) is 0 Å². The Morgan fingerprint density at radius 1 is 1.13 bits per heavy atom. The number of carbonyl (C=O) groups excluding carboxylic acids is 5. The molecule has 5 amide bonds. The molecule has 0 unspecified atom stereocenters. The molecule has 0 aliphatic carbocycles. The third-order valence-electron chi connectivity index (χ3n) is 5.48. The lowest BCUT2D eigenvalue weighted by Crippen LogP contribution is -2.56. The standard InChI is InChI=1S/C21H27N5O5/c22-17(27)11-15(25-19(29)14-8-9-18(28)24-14)21(31)26-10-4-7-16(26)20(30)23-12-13-5-2-1-3-6-13/h1-3,5-6,14-16H,4,7-12H2,(H2,22,27)(H,23,30)(H,24,28)(H,25,29)/t14-,15-,16-/m0/s1. The second kappa shape index (κ2) is 10.1. The number of amides is 5. The highest BCUT2D eigenvalue weighted by Crippen LogP contribution is 2.20. The molecule has 0 radical (unpaired) electrons. The minimum atomic E-state index is -1.19. The van der Waals surface area contributed by atoms with Gasteiger partial charge in [-0.05, 0) is 24.8 Å². The van der Waals surface area contributed by atoms with Gasteiger partial charge in [0.2, 0.25) is 29.5 Å². The maximum Gasteiger partial charge on any atom is 0.246 e. The minimum absolute atomic E-state index is 0.225. The van der Waals surface area contributed by atoms with E-state index in [0.29, 0.717) is 32.4 Å². The molecule has 5 N–H and O–H groups in total. The van der Waals surface area contributed by atoms with Crippen LogP contribution in [0.15, 0.2) is 30.3 Å². The number of nitrogens with one attached hydrogen (secondary N) is 3. The Morgan fingerprint density at radius 2 is 1.87 bits per heavy atom. The molecule has 2 fully saturated rings. The second-order valence-corrected chi connectivity index (χ2v) is 7.78. The molecule has 2 heterocycles. The summed E-state index contributed by atoms with van der Waals surface area (Å²) in [6.07, 6.45) is 1.27. The molecule has 2 aliphatic rings. The van der Waals surface area contributed by atoms with E-state index in [-0.39, 0.29) is 24.7 Å². The Labute approximate surface area is 179 Å². The monoisotopic (exact) mass is 429 g/mol. The van der Waals surface area contributed by atoms with Crippen LogP contribution in [0.2, 0.25) is 0 Å². The van der Waals surface area contributed by atoms with Crippen LogP contribution in [0.1, 0.15) is 37.7 Å². The molecule has 10 nitrogen and oxygen atoms in total. The van der Waals surface area contributed by atoms with Crippen molar-refractivity contribution in [3.8, 4) is 0 Å². The van der Waals surface area contributed by atoms with Crippen LogP contribution in [-0.2, 0) is 30.5 Å². The summed E-state index contributed by atoms with van der Waals surface area (Å²) in [7, 11) is 0. The fourth-order valence-electron chi connectivity index (χ4n) is 3.89. The van der Waals surface area contributed by atoms with Gasteiger partial charge >= 0.3 is 0 Å². The molecule has 3 atom stereocenters. The first-order valence-corrected chi connectivity index (χ1v) is 10.4. The summed E-state index contributed by atoms with van der Waals surface area (Å²) < 4.78 is 0. The maximum absolute atomic E-state index is 13.1. The smallest absolute Gasteiger partial charge is 0.246 e. The summed E-state index contributed by atoms with van der Waals surface area (Å²) >= 11 is 0. The molecule has 0 saturated carbocycles. The summed E-state index contributed by atoms with van der Waals surface area (Å²) in [4.78, 5) is 62.5. The van der Waals surface area contributed by atoms with Crippen molar-refractivity contribution < 1.29 is 24.0 Å². The van der Waals surface area contributed by atoms with E-state index in [1.807, 2.05) is 30.3 Å². The van der Waals surface area contributed by atoms with E-state index in [4.69, 9.17) is 5.73 Å². The highest BCUT2D eigenvalue weighted by Gasteiger charge is 2.39. The Balaban J connectivity index is 1.64. The Kier molecular flexibility index (Phi) is 7.22. The van der Waals surface area contributed by atoms with Crippen LogP contribution in [0.5, 0.6) is 0 Å². The topological polar surface area (TPSA) is 151 Å². The van der Waals surface area contributed by atoms with Crippen molar-refractivity contribution in [1.29, 1.82) is 0 Å². The zero-order chi connectivity index (χ0) is 22.4. The third kappa shape index (κ3) is 5.80. The number of benzene rings is 1. The van der Waals surface area contributed by atoms with E-state index < -0.39 is 35.8 Å². The maximum atomic E-state index is 13.1. The quantitative estimate of drug-likeness (QED) is 0.415. The van der Waals surface area contributed by atoms with Crippen molar-refractivity contribution in [3.63, 3.8) is 0 Å². The molecule has 0 bridgehead atoms. The average molecular weight is 429 g/mol. The first kappa shape index (κ1) is 22.3. The normalized spacial score (nSPS) is 21.3. The fraction of sp³-hybridized carbons (Fsp3) is 0.476. The van der Waals surface area contributed by atoms with Crippen molar-refractivity contribution in [2.75, 3.05) is 6.54 Å². The van der Waals surface area contributed by atoms with Gasteiger partial charge in [0, 0.05) is 19.5 Å². The van der Waals surface area contributed by atoms with Crippen molar-refractivity contribution in [1.82, 2.24) is 20.9 Å². The molecular formula is C21H27N5O5. The summed E-state index contributed by atoms with van der Waals surface area (Å²) in [5, 5.41) is 7.89. The number of primary amides is 1. The van der Waals surface area contributed by atoms with E-state index in [1.54, 1.807) is 0 Å². The minimum Gasteiger partial charge on any atom is -0.370 e. The van der Waals surface area contributed by atoms with Gasteiger partial charge in [-0.1, -0.05) is 30.3 Å². The molecule has 2 aliphatic heterocycles. The third-order valence-corrected chi connectivity index (χ3v) is 5.48. The van der Waals surface area contributed by atoms with Crippen LogP contribution in [-0.4, -0.2) is 59.1 Å². The number of rotatable bonds is 8.